The van der Waals surface area contributed by atoms with Crippen molar-refractivity contribution in [2.75, 3.05) is 0 Å². The molecule has 0 heterocycles. The van der Waals surface area contributed by atoms with E-state index in [1.165, 1.54) is 12.8 Å². The molecule has 0 aliphatic carbocycles. The first-order valence-electron chi connectivity index (χ1n) is 5.49. The molecule has 0 aromatic heterocycles. The van der Waals surface area contributed by atoms with Gasteiger partial charge in [0.05, 0.1) is 0 Å². The van der Waals surface area contributed by atoms with Crippen LogP contribution >= 0.6 is 11.6 Å². The molecule has 0 fully saturated rings. The third kappa shape index (κ3) is 4.35. The molecule has 0 aromatic rings. The summed E-state index contributed by atoms with van der Waals surface area (Å²) >= 11 is 6.32. The van der Waals surface area contributed by atoms with Crippen LogP contribution in [0.3, 0.4) is 0 Å². The first-order chi connectivity index (χ1) is 5.80. The highest BCUT2D eigenvalue weighted by Crippen LogP contribution is 2.35. The van der Waals surface area contributed by atoms with Crippen molar-refractivity contribution in [2.24, 2.45) is 17.8 Å². The summed E-state index contributed by atoms with van der Waals surface area (Å²) in [4.78, 5) is -0.0680. The average molecular weight is 205 g/mol. The smallest absolute Gasteiger partial charge is 0.0418 e. The molecule has 0 nitrogen and oxygen atoms in total. The largest absolute Gasteiger partial charge is 0.120 e. The Hall–Kier alpha value is 0.290. The van der Waals surface area contributed by atoms with E-state index in [-0.39, 0.29) is 4.87 Å². The lowest BCUT2D eigenvalue weighted by atomic mass is 9.77. The van der Waals surface area contributed by atoms with E-state index in [0.717, 1.165) is 5.92 Å². The summed E-state index contributed by atoms with van der Waals surface area (Å²) in [5, 5.41) is 0. The standard InChI is InChI=1S/C12H25Cl/c1-7-8-9(2)10(3)11(4)12(5,6)13/h9-11H,7-8H2,1-6H3. The number of hydrogen-bond acceptors (Lipinski definition) is 0. The van der Waals surface area contributed by atoms with Crippen molar-refractivity contribution in [3.05, 3.63) is 0 Å². The number of alkyl halides is 1. The Balaban J connectivity index is 4.16. The van der Waals surface area contributed by atoms with Crippen LogP contribution < -0.4 is 0 Å². The fourth-order valence-corrected chi connectivity index (χ4v) is 2.03. The molecule has 3 atom stereocenters. The van der Waals surface area contributed by atoms with Gasteiger partial charge >= 0.3 is 0 Å². The van der Waals surface area contributed by atoms with Crippen molar-refractivity contribution in [1.82, 2.24) is 0 Å². The predicted molar refractivity (Wildman–Crippen MR) is 62.3 cm³/mol. The van der Waals surface area contributed by atoms with Gasteiger partial charge in [-0.2, -0.15) is 0 Å². The summed E-state index contributed by atoms with van der Waals surface area (Å²) < 4.78 is 0. The average Bonchev–Trinajstić information content (AvgIpc) is 2.00. The monoisotopic (exact) mass is 204 g/mol. The van der Waals surface area contributed by atoms with Gasteiger partial charge in [0.2, 0.25) is 0 Å². The first-order valence-corrected chi connectivity index (χ1v) is 5.87. The lowest BCUT2D eigenvalue weighted by Crippen LogP contribution is -2.31. The van der Waals surface area contributed by atoms with E-state index in [0.29, 0.717) is 11.8 Å². The van der Waals surface area contributed by atoms with Gasteiger partial charge in [0.25, 0.3) is 0 Å². The molecule has 0 aliphatic rings. The van der Waals surface area contributed by atoms with Gasteiger partial charge in [-0.1, -0.05) is 40.5 Å². The molecule has 0 aromatic carbocycles. The Bertz CT molecular complexity index is 135. The van der Waals surface area contributed by atoms with Gasteiger partial charge in [0, 0.05) is 4.87 Å². The third-order valence-electron chi connectivity index (χ3n) is 3.51. The molecule has 13 heavy (non-hydrogen) atoms. The van der Waals surface area contributed by atoms with Crippen LogP contribution in [0.4, 0.5) is 0 Å². The molecule has 0 N–H and O–H groups in total. The van der Waals surface area contributed by atoms with E-state index in [4.69, 9.17) is 11.6 Å². The van der Waals surface area contributed by atoms with Crippen molar-refractivity contribution in [1.29, 1.82) is 0 Å². The summed E-state index contributed by atoms with van der Waals surface area (Å²) in [5.41, 5.74) is 0. The Morgan fingerprint density at radius 2 is 1.62 bits per heavy atom. The number of halogens is 1. The lowest BCUT2D eigenvalue weighted by Gasteiger charge is -2.34. The summed E-state index contributed by atoms with van der Waals surface area (Å²) in [7, 11) is 0. The third-order valence-corrected chi connectivity index (χ3v) is 3.86. The van der Waals surface area contributed by atoms with Crippen molar-refractivity contribution < 1.29 is 0 Å². The molecule has 3 unspecified atom stereocenters. The quantitative estimate of drug-likeness (QED) is 0.569. The minimum Gasteiger partial charge on any atom is -0.120 e. The molecule has 0 bridgehead atoms. The molecular weight excluding hydrogens is 180 g/mol. The molecule has 0 radical (unpaired) electrons. The molecule has 1 heteroatoms. The zero-order chi connectivity index (χ0) is 10.6. The Labute approximate surface area is 89.1 Å². The Morgan fingerprint density at radius 1 is 1.15 bits per heavy atom. The number of hydrogen-bond donors (Lipinski definition) is 0. The predicted octanol–water partition coefficient (Wildman–Crippen LogP) is 4.71. The van der Waals surface area contributed by atoms with Crippen LogP contribution in [0, 0.1) is 17.8 Å². The fourth-order valence-electron chi connectivity index (χ4n) is 1.84. The Kier molecular flexibility index (Phi) is 5.36. The summed E-state index contributed by atoms with van der Waals surface area (Å²) in [6.07, 6.45) is 2.60. The zero-order valence-electron chi connectivity index (χ0n) is 10.0. The molecule has 0 saturated heterocycles. The minimum atomic E-state index is -0.0680. The van der Waals surface area contributed by atoms with Gasteiger partial charge in [-0.15, -0.1) is 11.6 Å². The second kappa shape index (κ2) is 5.24. The van der Waals surface area contributed by atoms with E-state index in [2.05, 4.69) is 41.5 Å². The van der Waals surface area contributed by atoms with Crippen LogP contribution in [0.2, 0.25) is 0 Å². The van der Waals surface area contributed by atoms with Crippen LogP contribution in [0.25, 0.3) is 0 Å². The van der Waals surface area contributed by atoms with E-state index in [1.54, 1.807) is 0 Å². The molecule has 80 valence electrons. The second-order valence-corrected chi connectivity index (χ2v) is 5.95. The minimum absolute atomic E-state index is 0.0680. The fraction of sp³-hybridized carbons (Fsp3) is 1.00. The van der Waals surface area contributed by atoms with E-state index in [9.17, 15) is 0 Å². The van der Waals surface area contributed by atoms with Crippen molar-refractivity contribution in [3.63, 3.8) is 0 Å². The normalized spacial score (nSPS) is 19.6. The maximum atomic E-state index is 6.32. The van der Waals surface area contributed by atoms with Gasteiger partial charge < -0.3 is 0 Å². The van der Waals surface area contributed by atoms with Crippen LogP contribution in [-0.4, -0.2) is 4.87 Å². The molecule has 0 spiro atoms. The van der Waals surface area contributed by atoms with Crippen molar-refractivity contribution >= 4 is 11.6 Å². The Morgan fingerprint density at radius 3 is 1.92 bits per heavy atom. The van der Waals surface area contributed by atoms with Crippen LogP contribution in [0.1, 0.15) is 54.4 Å². The van der Waals surface area contributed by atoms with E-state index in [1.807, 2.05) is 0 Å². The summed E-state index contributed by atoms with van der Waals surface area (Å²) in [6.45, 7) is 13.4. The SMILES string of the molecule is CCCC(C)C(C)C(C)C(C)(C)Cl. The molecule has 0 rings (SSSR count). The topological polar surface area (TPSA) is 0 Å². The van der Waals surface area contributed by atoms with Gasteiger partial charge in [-0.25, -0.2) is 0 Å². The van der Waals surface area contributed by atoms with Gasteiger partial charge in [-0.3, -0.25) is 0 Å². The van der Waals surface area contributed by atoms with Gasteiger partial charge in [0.15, 0.2) is 0 Å². The zero-order valence-corrected chi connectivity index (χ0v) is 10.8. The van der Waals surface area contributed by atoms with Crippen LogP contribution in [-0.2, 0) is 0 Å². The van der Waals surface area contributed by atoms with Gasteiger partial charge in [-0.05, 0) is 31.6 Å². The second-order valence-electron chi connectivity index (χ2n) is 4.98. The summed E-state index contributed by atoms with van der Waals surface area (Å²) in [5.74, 6) is 2.08. The molecule has 0 amide bonds. The maximum absolute atomic E-state index is 6.32. The molecule has 0 aliphatic heterocycles. The first kappa shape index (κ1) is 13.3. The highest BCUT2D eigenvalue weighted by atomic mass is 35.5. The van der Waals surface area contributed by atoms with Crippen molar-refractivity contribution in [2.45, 2.75) is 59.3 Å². The van der Waals surface area contributed by atoms with Crippen molar-refractivity contribution in [3.8, 4) is 0 Å². The molecule has 0 saturated carbocycles. The van der Waals surface area contributed by atoms with E-state index < -0.39 is 0 Å². The molecular formula is C12H25Cl. The summed E-state index contributed by atoms with van der Waals surface area (Å²) in [6, 6.07) is 0. The highest BCUT2D eigenvalue weighted by Gasteiger charge is 2.30. The highest BCUT2D eigenvalue weighted by molar-refractivity contribution is 6.23. The van der Waals surface area contributed by atoms with E-state index >= 15 is 0 Å². The van der Waals surface area contributed by atoms with Gasteiger partial charge in [0.1, 0.15) is 0 Å². The van der Waals surface area contributed by atoms with Crippen LogP contribution in [0.5, 0.6) is 0 Å². The van der Waals surface area contributed by atoms with Crippen LogP contribution in [0.15, 0.2) is 0 Å². The maximum Gasteiger partial charge on any atom is 0.0418 e. The lowest BCUT2D eigenvalue weighted by molar-refractivity contribution is 0.227. The number of rotatable bonds is 5.